The van der Waals surface area contributed by atoms with Crippen LogP contribution in [0.25, 0.3) is 0 Å². The van der Waals surface area contributed by atoms with Crippen molar-refractivity contribution in [3.05, 3.63) is 0 Å². The monoisotopic (exact) mass is 320 g/mol. The van der Waals surface area contributed by atoms with Crippen molar-refractivity contribution in [3.8, 4) is 0 Å². The Kier molecular flexibility index (Phi) is 20.6. The summed E-state index contributed by atoms with van der Waals surface area (Å²) >= 11 is 0. The predicted molar refractivity (Wildman–Crippen MR) is 93.6 cm³/mol. The van der Waals surface area contributed by atoms with E-state index in [-0.39, 0.29) is 19.4 Å². The van der Waals surface area contributed by atoms with Crippen molar-refractivity contribution in [1.29, 1.82) is 0 Å². The molecule has 22 heavy (non-hydrogen) atoms. The molecule has 0 heterocycles. The molecule has 0 radical (unpaired) electrons. The molecule has 0 atom stereocenters. The highest BCUT2D eigenvalue weighted by atomic mass is 16.5. The molecule has 5 nitrogen and oxygen atoms in total. The molecule has 5 heteroatoms. The second-order valence-electron chi connectivity index (χ2n) is 6.21. The zero-order valence-electron chi connectivity index (χ0n) is 14.9. The maximum absolute atomic E-state index is 8.90. The van der Waals surface area contributed by atoms with Crippen LogP contribution in [-0.2, 0) is 4.74 Å². The molecule has 0 aliphatic carbocycles. The van der Waals surface area contributed by atoms with Crippen molar-refractivity contribution in [1.82, 2.24) is 11.1 Å². The molecule has 0 aromatic heterocycles. The SMILES string of the molecule is CC(C)CCCCCCCOCCCN(CCO)CCO.N. The Labute approximate surface area is 137 Å². The summed E-state index contributed by atoms with van der Waals surface area (Å²) in [5.74, 6) is 0.838. The van der Waals surface area contributed by atoms with Gasteiger partial charge in [-0.15, -0.1) is 0 Å². The third-order valence-corrected chi connectivity index (χ3v) is 3.67. The summed E-state index contributed by atoms with van der Waals surface area (Å²) in [7, 11) is 0. The van der Waals surface area contributed by atoms with Crippen LogP contribution in [0.3, 0.4) is 0 Å². The van der Waals surface area contributed by atoms with E-state index in [1.165, 1.54) is 38.5 Å². The van der Waals surface area contributed by atoms with Gasteiger partial charge in [0.25, 0.3) is 0 Å². The first kappa shape index (κ1) is 24.1. The molecule has 0 amide bonds. The molecular formula is C17H40N2O3. The van der Waals surface area contributed by atoms with Gasteiger partial charge in [-0.3, -0.25) is 4.90 Å². The van der Waals surface area contributed by atoms with Gasteiger partial charge in [0.05, 0.1) is 13.2 Å². The largest absolute Gasteiger partial charge is 0.395 e. The first-order valence-electron chi connectivity index (χ1n) is 8.72. The fourth-order valence-electron chi connectivity index (χ4n) is 2.40. The van der Waals surface area contributed by atoms with Gasteiger partial charge in [0.15, 0.2) is 0 Å². The Hall–Kier alpha value is -0.200. The third-order valence-electron chi connectivity index (χ3n) is 3.67. The molecule has 0 aromatic rings. The average molecular weight is 321 g/mol. The van der Waals surface area contributed by atoms with Gasteiger partial charge in [0.1, 0.15) is 0 Å². The molecule has 5 N–H and O–H groups in total. The summed E-state index contributed by atoms with van der Waals surface area (Å²) in [6.45, 7) is 8.68. The zero-order chi connectivity index (χ0) is 15.8. The minimum Gasteiger partial charge on any atom is -0.395 e. The molecule has 0 aliphatic heterocycles. The van der Waals surface area contributed by atoms with Gasteiger partial charge in [-0.25, -0.2) is 0 Å². The summed E-state index contributed by atoms with van der Waals surface area (Å²) in [5.41, 5.74) is 0. The van der Waals surface area contributed by atoms with E-state index in [9.17, 15) is 0 Å². The van der Waals surface area contributed by atoms with Crippen molar-refractivity contribution in [2.45, 2.75) is 58.8 Å². The Morgan fingerprint density at radius 1 is 0.773 bits per heavy atom. The Balaban J connectivity index is 0. The Morgan fingerprint density at radius 3 is 1.91 bits per heavy atom. The number of aliphatic hydroxyl groups is 2. The van der Waals surface area contributed by atoms with E-state index in [0.717, 1.165) is 32.1 Å². The van der Waals surface area contributed by atoms with Gasteiger partial charge in [0.2, 0.25) is 0 Å². The summed E-state index contributed by atoms with van der Waals surface area (Å²) in [6.07, 6.45) is 8.82. The first-order chi connectivity index (χ1) is 10.2. The number of unbranched alkanes of at least 4 members (excludes halogenated alkanes) is 4. The molecule has 0 aliphatic rings. The van der Waals surface area contributed by atoms with Crippen LogP contribution in [0.1, 0.15) is 58.8 Å². The van der Waals surface area contributed by atoms with Crippen molar-refractivity contribution in [2.75, 3.05) is 46.1 Å². The third kappa shape index (κ3) is 17.9. The van der Waals surface area contributed by atoms with Crippen LogP contribution in [0.15, 0.2) is 0 Å². The van der Waals surface area contributed by atoms with Crippen LogP contribution < -0.4 is 6.15 Å². The lowest BCUT2D eigenvalue weighted by molar-refractivity contribution is 0.107. The lowest BCUT2D eigenvalue weighted by Crippen LogP contribution is -2.31. The standard InChI is InChI=1S/C17H37NO3.H3N/c1-17(2)9-6-4-3-5-7-15-21-16-8-10-18(11-13-19)12-14-20;/h17,19-20H,3-16H2,1-2H3;1H3. The highest BCUT2D eigenvalue weighted by molar-refractivity contribution is 4.56. The van der Waals surface area contributed by atoms with Crippen molar-refractivity contribution < 1.29 is 14.9 Å². The summed E-state index contributed by atoms with van der Waals surface area (Å²) in [6, 6.07) is 0. The maximum Gasteiger partial charge on any atom is 0.0558 e. The minimum atomic E-state index is 0. The quantitative estimate of drug-likeness (QED) is 0.381. The summed E-state index contributed by atoms with van der Waals surface area (Å²) in [5, 5.41) is 17.8. The van der Waals surface area contributed by atoms with Gasteiger partial charge in [-0.2, -0.15) is 0 Å². The van der Waals surface area contributed by atoms with Gasteiger partial charge in [-0.05, 0) is 18.8 Å². The molecular weight excluding hydrogens is 280 g/mol. The van der Waals surface area contributed by atoms with Crippen molar-refractivity contribution in [3.63, 3.8) is 0 Å². The number of rotatable bonds is 16. The Morgan fingerprint density at radius 2 is 1.32 bits per heavy atom. The second kappa shape index (κ2) is 18.8. The normalized spacial score (nSPS) is 11.2. The molecule has 136 valence electrons. The molecule has 0 aromatic carbocycles. The van der Waals surface area contributed by atoms with Crippen LogP contribution in [-0.4, -0.2) is 61.2 Å². The number of hydrogen-bond donors (Lipinski definition) is 3. The summed E-state index contributed by atoms with van der Waals surface area (Å²) in [4.78, 5) is 2.07. The molecule has 0 saturated carbocycles. The fourth-order valence-corrected chi connectivity index (χ4v) is 2.40. The van der Waals surface area contributed by atoms with Gasteiger partial charge >= 0.3 is 0 Å². The molecule has 0 fully saturated rings. The first-order valence-corrected chi connectivity index (χ1v) is 8.72. The van der Waals surface area contributed by atoms with Gasteiger partial charge < -0.3 is 21.1 Å². The van der Waals surface area contributed by atoms with Crippen LogP contribution in [0.4, 0.5) is 0 Å². The lowest BCUT2D eigenvalue weighted by Gasteiger charge is -2.19. The fraction of sp³-hybridized carbons (Fsp3) is 1.00. The van der Waals surface area contributed by atoms with E-state index in [1.807, 2.05) is 0 Å². The number of hydrogen-bond acceptors (Lipinski definition) is 5. The topological polar surface area (TPSA) is 87.9 Å². The number of ether oxygens (including phenoxy) is 1. The van der Waals surface area contributed by atoms with Crippen LogP contribution in [0.5, 0.6) is 0 Å². The molecule has 0 saturated heterocycles. The predicted octanol–water partition coefficient (Wildman–Crippen LogP) is 2.84. The number of nitrogens with zero attached hydrogens (tertiary/aromatic N) is 1. The van der Waals surface area contributed by atoms with Crippen molar-refractivity contribution >= 4 is 0 Å². The van der Waals surface area contributed by atoms with E-state index < -0.39 is 0 Å². The lowest BCUT2D eigenvalue weighted by atomic mass is 10.0. The smallest absolute Gasteiger partial charge is 0.0558 e. The van der Waals surface area contributed by atoms with E-state index in [0.29, 0.717) is 13.1 Å². The average Bonchev–Trinajstić information content (AvgIpc) is 2.44. The zero-order valence-corrected chi connectivity index (χ0v) is 14.9. The molecule has 0 unspecified atom stereocenters. The van der Waals surface area contributed by atoms with Crippen molar-refractivity contribution in [2.24, 2.45) is 5.92 Å². The minimum absolute atomic E-state index is 0. The van der Waals surface area contributed by atoms with Gasteiger partial charge in [-0.1, -0.05) is 46.0 Å². The second-order valence-corrected chi connectivity index (χ2v) is 6.21. The van der Waals surface area contributed by atoms with E-state index >= 15 is 0 Å². The van der Waals surface area contributed by atoms with Crippen LogP contribution >= 0.6 is 0 Å². The Bertz CT molecular complexity index is 198. The summed E-state index contributed by atoms with van der Waals surface area (Å²) < 4.78 is 5.63. The highest BCUT2D eigenvalue weighted by Gasteiger charge is 2.02. The van der Waals surface area contributed by atoms with Crippen LogP contribution in [0.2, 0.25) is 0 Å². The maximum atomic E-state index is 8.90. The van der Waals surface area contributed by atoms with Crippen LogP contribution in [0, 0.1) is 5.92 Å². The molecule has 0 spiro atoms. The van der Waals surface area contributed by atoms with E-state index in [1.54, 1.807) is 0 Å². The molecule has 0 bridgehead atoms. The van der Waals surface area contributed by atoms with E-state index in [2.05, 4.69) is 18.7 Å². The highest BCUT2D eigenvalue weighted by Crippen LogP contribution is 2.10. The van der Waals surface area contributed by atoms with E-state index in [4.69, 9.17) is 14.9 Å². The van der Waals surface area contributed by atoms with Gasteiger partial charge in [0, 0.05) is 32.8 Å². The number of aliphatic hydroxyl groups excluding tert-OH is 2. The molecule has 0 rings (SSSR count).